The molecular formula is C27H51N. The monoisotopic (exact) mass is 389 g/mol. The van der Waals surface area contributed by atoms with Crippen LogP contribution in [-0.2, 0) is 0 Å². The van der Waals surface area contributed by atoms with Crippen molar-refractivity contribution < 1.29 is 0 Å². The Balaban J connectivity index is 0.000000215. The van der Waals surface area contributed by atoms with E-state index in [2.05, 4.69) is 41.5 Å². The molecule has 0 radical (unpaired) electrons. The summed E-state index contributed by atoms with van der Waals surface area (Å²) in [7, 11) is 0. The number of hydrogen-bond acceptors (Lipinski definition) is 1. The molecule has 4 aliphatic rings. The topological polar surface area (TPSA) is 26.0 Å². The van der Waals surface area contributed by atoms with Crippen LogP contribution in [0, 0.1) is 45.8 Å². The van der Waals surface area contributed by atoms with Crippen molar-refractivity contribution in [3.63, 3.8) is 0 Å². The maximum atomic E-state index is 5.53. The first-order valence-corrected chi connectivity index (χ1v) is 12.9. The smallest absolute Gasteiger partial charge is 0.00464 e. The third kappa shape index (κ3) is 4.08. The average molecular weight is 390 g/mol. The minimum atomic E-state index is 0.425. The van der Waals surface area contributed by atoms with Crippen molar-refractivity contribution >= 4 is 0 Å². The molecule has 4 rings (SSSR count). The van der Waals surface area contributed by atoms with Gasteiger partial charge in [0.1, 0.15) is 0 Å². The van der Waals surface area contributed by atoms with Crippen LogP contribution in [0.4, 0.5) is 0 Å². The fourth-order valence-corrected chi connectivity index (χ4v) is 7.96. The van der Waals surface area contributed by atoms with E-state index in [9.17, 15) is 0 Å². The first-order valence-electron chi connectivity index (χ1n) is 12.9. The summed E-state index contributed by atoms with van der Waals surface area (Å²) in [6.45, 7) is 15.1. The van der Waals surface area contributed by atoms with Gasteiger partial charge in [-0.25, -0.2) is 0 Å². The largest absolute Gasteiger partial charge is 0.330 e. The van der Waals surface area contributed by atoms with Crippen LogP contribution in [0.1, 0.15) is 119 Å². The van der Waals surface area contributed by atoms with Crippen molar-refractivity contribution in [3.8, 4) is 0 Å². The lowest BCUT2D eigenvalue weighted by Crippen LogP contribution is -2.51. The molecule has 4 fully saturated rings. The van der Waals surface area contributed by atoms with Gasteiger partial charge in [0.15, 0.2) is 0 Å². The summed E-state index contributed by atoms with van der Waals surface area (Å²) in [4.78, 5) is 0. The highest BCUT2D eigenvalue weighted by Crippen LogP contribution is 2.66. The zero-order valence-corrected chi connectivity index (χ0v) is 20.2. The number of fused-ring (bicyclic) bond motifs is 5. The Morgan fingerprint density at radius 2 is 1.64 bits per heavy atom. The Hall–Kier alpha value is -0.0400. The van der Waals surface area contributed by atoms with Gasteiger partial charge in [0.05, 0.1) is 0 Å². The van der Waals surface area contributed by atoms with Crippen molar-refractivity contribution in [2.24, 2.45) is 51.6 Å². The molecule has 1 heteroatoms. The molecule has 7 atom stereocenters. The second kappa shape index (κ2) is 8.60. The summed E-state index contributed by atoms with van der Waals surface area (Å²) in [6, 6.07) is 0. The lowest BCUT2D eigenvalue weighted by Gasteiger charge is -2.60. The number of rotatable bonds is 3. The molecule has 0 aromatic rings. The second-order valence-electron chi connectivity index (χ2n) is 12.5. The molecule has 7 unspecified atom stereocenters. The minimum Gasteiger partial charge on any atom is -0.330 e. The van der Waals surface area contributed by atoms with E-state index < -0.39 is 0 Å². The van der Waals surface area contributed by atoms with E-state index in [1.807, 2.05) is 0 Å². The molecular weight excluding hydrogens is 338 g/mol. The lowest BCUT2D eigenvalue weighted by atomic mass is 9.45. The van der Waals surface area contributed by atoms with Crippen LogP contribution in [0.3, 0.4) is 0 Å². The second-order valence-corrected chi connectivity index (χ2v) is 12.5. The van der Waals surface area contributed by atoms with Gasteiger partial charge in [-0.05, 0) is 104 Å². The molecule has 4 saturated carbocycles. The summed E-state index contributed by atoms with van der Waals surface area (Å²) in [6.07, 6.45) is 18.3. The van der Waals surface area contributed by atoms with Crippen molar-refractivity contribution in [2.75, 3.05) is 6.54 Å². The standard InChI is InChI=1S/C19H32.C8H19N/c1-18-11-5-7-16(18)15-9-8-14-6-3-4-12-19(14,2)17(15)10-13-18;1-5-8(3,4)7(2)6-9/h14-17H,3-13H2,1-2H3;7H,5-6,9H2,1-4H3. The van der Waals surface area contributed by atoms with Crippen LogP contribution in [0.15, 0.2) is 0 Å². The average Bonchev–Trinajstić information content (AvgIpc) is 3.09. The van der Waals surface area contributed by atoms with Gasteiger partial charge in [-0.2, -0.15) is 0 Å². The Morgan fingerprint density at radius 1 is 0.893 bits per heavy atom. The first-order chi connectivity index (χ1) is 13.2. The van der Waals surface area contributed by atoms with E-state index in [1.165, 1.54) is 25.7 Å². The maximum Gasteiger partial charge on any atom is -0.00464 e. The van der Waals surface area contributed by atoms with Gasteiger partial charge in [0.25, 0.3) is 0 Å². The first kappa shape index (κ1) is 22.6. The molecule has 1 nitrogen and oxygen atoms in total. The molecule has 0 amide bonds. The predicted molar refractivity (Wildman–Crippen MR) is 123 cm³/mol. The fourth-order valence-electron chi connectivity index (χ4n) is 7.96. The van der Waals surface area contributed by atoms with E-state index in [0.29, 0.717) is 11.3 Å². The fraction of sp³-hybridized carbons (Fsp3) is 1.00. The van der Waals surface area contributed by atoms with Gasteiger partial charge >= 0.3 is 0 Å². The molecule has 0 aliphatic heterocycles. The molecule has 0 aromatic heterocycles. The van der Waals surface area contributed by atoms with Crippen LogP contribution in [-0.4, -0.2) is 6.54 Å². The van der Waals surface area contributed by atoms with Gasteiger partial charge in [-0.15, -0.1) is 0 Å². The zero-order valence-electron chi connectivity index (χ0n) is 20.2. The Labute approximate surface area is 177 Å². The van der Waals surface area contributed by atoms with Crippen molar-refractivity contribution in [1.82, 2.24) is 0 Å². The van der Waals surface area contributed by atoms with Crippen LogP contribution >= 0.6 is 0 Å². The lowest BCUT2D eigenvalue weighted by molar-refractivity contribution is -0.103. The third-order valence-corrected chi connectivity index (χ3v) is 11.0. The Bertz CT molecular complexity index is 510. The van der Waals surface area contributed by atoms with Crippen molar-refractivity contribution in [1.29, 1.82) is 0 Å². The number of nitrogens with two attached hydrogens (primary N) is 1. The van der Waals surface area contributed by atoms with E-state index in [0.717, 1.165) is 41.0 Å². The quantitative estimate of drug-likeness (QED) is 0.523. The zero-order chi connectivity index (χ0) is 20.6. The highest BCUT2D eigenvalue weighted by molar-refractivity contribution is 5.06. The highest BCUT2D eigenvalue weighted by Gasteiger charge is 2.56. The third-order valence-electron chi connectivity index (χ3n) is 11.0. The van der Waals surface area contributed by atoms with Crippen molar-refractivity contribution in [3.05, 3.63) is 0 Å². The van der Waals surface area contributed by atoms with E-state index >= 15 is 0 Å². The minimum absolute atomic E-state index is 0.425. The molecule has 28 heavy (non-hydrogen) atoms. The summed E-state index contributed by atoms with van der Waals surface area (Å²) >= 11 is 0. The summed E-state index contributed by atoms with van der Waals surface area (Å²) in [5, 5.41) is 0. The SMILES string of the molecule is CC12CCCC1C1CCC3CCCCC3(C)C1CC2.CCC(C)(C)C(C)CN. The molecule has 0 saturated heterocycles. The molecule has 0 heterocycles. The summed E-state index contributed by atoms with van der Waals surface area (Å²) < 4.78 is 0. The Morgan fingerprint density at radius 3 is 2.29 bits per heavy atom. The highest BCUT2D eigenvalue weighted by atomic mass is 14.6. The van der Waals surface area contributed by atoms with Crippen LogP contribution in [0.2, 0.25) is 0 Å². The van der Waals surface area contributed by atoms with Gasteiger partial charge in [-0.3, -0.25) is 0 Å². The number of hydrogen-bond donors (Lipinski definition) is 1. The van der Waals surface area contributed by atoms with E-state index in [4.69, 9.17) is 5.73 Å². The van der Waals surface area contributed by atoms with Gasteiger partial charge in [0, 0.05) is 0 Å². The Kier molecular flexibility index (Phi) is 6.96. The molecule has 0 bridgehead atoms. The normalized spacial score (nSPS) is 43.8. The van der Waals surface area contributed by atoms with Gasteiger partial charge in [-0.1, -0.05) is 67.2 Å². The van der Waals surface area contributed by atoms with Crippen LogP contribution in [0.25, 0.3) is 0 Å². The predicted octanol–water partition coefficient (Wildman–Crippen LogP) is 7.83. The molecule has 2 N–H and O–H groups in total. The molecule has 0 spiro atoms. The van der Waals surface area contributed by atoms with E-state index in [1.54, 1.807) is 51.4 Å². The van der Waals surface area contributed by atoms with Gasteiger partial charge in [0.2, 0.25) is 0 Å². The molecule has 164 valence electrons. The van der Waals surface area contributed by atoms with Crippen LogP contribution in [0.5, 0.6) is 0 Å². The van der Waals surface area contributed by atoms with Gasteiger partial charge < -0.3 is 5.73 Å². The van der Waals surface area contributed by atoms with E-state index in [-0.39, 0.29) is 0 Å². The molecule has 0 aromatic carbocycles. The molecule has 4 aliphatic carbocycles. The van der Waals surface area contributed by atoms with Crippen molar-refractivity contribution in [2.45, 2.75) is 119 Å². The summed E-state index contributed by atoms with van der Waals surface area (Å²) in [5.41, 5.74) is 7.45. The van der Waals surface area contributed by atoms with Crippen LogP contribution < -0.4 is 5.73 Å². The maximum absolute atomic E-state index is 5.53. The summed E-state index contributed by atoms with van der Waals surface area (Å²) in [5.74, 6) is 5.05.